The molecule has 0 aliphatic rings. The summed E-state index contributed by atoms with van der Waals surface area (Å²) in [6.07, 6.45) is 0.288. The second-order valence-electron chi connectivity index (χ2n) is 4.52. The maximum Gasteiger partial charge on any atom is 0.228 e. The van der Waals surface area contributed by atoms with Gasteiger partial charge in [0.25, 0.3) is 0 Å². The molecule has 2 aromatic carbocycles. The van der Waals surface area contributed by atoms with Crippen LogP contribution in [0.15, 0.2) is 42.5 Å². The maximum atomic E-state index is 11.9. The molecule has 1 N–H and O–H groups in total. The lowest BCUT2D eigenvalue weighted by Gasteiger charge is -2.07. The van der Waals surface area contributed by atoms with Crippen LogP contribution in [0, 0.1) is 18.3 Å². The van der Waals surface area contributed by atoms with Crippen molar-refractivity contribution >= 4 is 23.2 Å². The molecule has 20 heavy (non-hydrogen) atoms. The Balaban J connectivity index is 2.05. The third-order valence-corrected chi connectivity index (χ3v) is 3.17. The van der Waals surface area contributed by atoms with Crippen LogP contribution in [0.2, 0.25) is 5.02 Å². The van der Waals surface area contributed by atoms with Gasteiger partial charge in [-0.25, -0.2) is 0 Å². The summed E-state index contributed by atoms with van der Waals surface area (Å²) in [5.41, 5.74) is 3.08. The predicted octanol–water partition coefficient (Wildman–Crippen LogP) is 3.70. The Morgan fingerprint density at radius 2 is 1.95 bits per heavy atom. The van der Waals surface area contributed by atoms with Gasteiger partial charge in [0, 0.05) is 0 Å². The van der Waals surface area contributed by atoms with E-state index in [0.717, 1.165) is 11.1 Å². The second-order valence-corrected chi connectivity index (χ2v) is 4.92. The summed E-state index contributed by atoms with van der Waals surface area (Å²) in [7, 11) is 0. The molecule has 0 aromatic heterocycles. The fourth-order valence-electron chi connectivity index (χ4n) is 1.77. The number of hydrogen-bond acceptors (Lipinski definition) is 2. The summed E-state index contributed by atoms with van der Waals surface area (Å²) in [5, 5.41) is 11.9. The average molecular weight is 285 g/mol. The number of nitrogens with zero attached hydrogens (tertiary/aromatic N) is 1. The fourth-order valence-corrected chi connectivity index (χ4v) is 2.00. The van der Waals surface area contributed by atoms with Crippen LogP contribution in [0.4, 0.5) is 5.69 Å². The summed E-state index contributed by atoms with van der Waals surface area (Å²) in [5.74, 6) is -0.138. The van der Waals surface area contributed by atoms with Gasteiger partial charge in [0.2, 0.25) is 5.91 Å². The van der Waals surface area contributed by atoms with E-state index in [1.807, 2.05) is 37.3 Å². The monoisotopic (exact) mass is 284 g/mol. The van der Waals surface area contributed by atoms with E-state index in [0.29, 0.717) is 16.3 Å². The second kappa shape index (κ2) is 6.23. The molecule has 0 aliphatic heterocycles. The number of amides is 1. The Bertz CT molecular complexity index is 672. The van der Waals surface area contributed by atoms with Crippen molar-refractivity contribution in [2.75, 3.05) is 5.32 Å². The zero-order valence-electron chi connectivity index (χ0n) is 11.0. The number of rotatable bonds is 3. The predicted molar refractivity (Wildman–Crippen MR) is 79.7 cm³/mol. The summed E-state index contributed by atoms with van der Waals surface area (Å²) >= 11 is 6.01. The van der Waals surface area contributed by atoms with Crippen molar-refractivity contribution in [3.8, 4) is 6.07 Å². The van der Waals surface area contributed by atoms with Crippen LogP contribution in [-0.4, -0.2) is 5.91 Å². The van der Waals surface area contributed by atoms with E-state index in [2.05, 4.69) is 5.32 Å². The summed E-state index contributed by atoms with van der Waals surface area (Å²) in [4.78, 5) is 11.9. The molecule has 0 atom stereocenters. The highest BCUT2D eigenvalue weighted by Crippen LogP contribution is 2.22. The third kappa shape index (κ3) is 3.59. The van der Waals surface area contributed by atoms with Crippen LogP contribution in [0.3, 0.4) is 0 Å². The molecular formula is C16H13ClN2O. The first kappa shape index (κ1) is 14.1. The van der Waals surface area contributed by atoms with Gasteiger partial charge in [-0.2, -0.15) is 5.26 Å². The van der Waals surface area contributed by atoms with Gasteiger partial charge < -0.3 is 5.32 Å². The summed E-state index contributed by atoms with van der Waals surface area (Å²) in [6, 6.07) is 14.6. The van der Waals surface area contributed by atoms with Crippen LogP contribution < -0.4 is 5.32 Å². The number of nitriles is 1. The van der Waals surface area contributed by atoms with E-state index in [-0.39, 0.29) is 12.3 Å². The van der Waals surface area contributed by atoms with Crippen LogP contribution >= 0.6 is 11.6 Å². The maximum absolute atomic E-state index is 11.9. The number of nitrogens with one attached hydrogen (secondary N) is 1. The molecule has 100 valence electrons. The molecule has 3 nitrogen and oxygen atoms in total. The molecule has 0 aliphatic carbocycles. The van der Waals surface area contributed by atoms with Crippen molar-refractivity contribution in [2.45, 2.75) is 13.3 Å². The first-order valence-corrected chi connectivity index (χ1v) is 6.51. The minimum absolute atomic E-state index is 0.138. The topological polar surface area (TPSA) is 52.9 Å². The lowest BCUT2D eigenvalue weighted by atomic mass is 10.1. The largest absolute Gasteiger partial charge is 0.324 e. The van der Waals surface area contributed by atoms with E-state index in [1.165, 1.54) is 6.07 Å². The molecule has 0 heterocycles. The van der Waals surface area contributed by atoms with E-state index in [4.69, 9.17) is 16.9 Å². The first-order valence-electron chi connectivity index (χ1n) is 6.13. The molecule has 2 rings (SSSR count). The zero-order valence-corrected chi connectivity index (χ0v) is 11.7. The van der Waals surface area contributed by atoms with E-state index in [1.54, 1.807) is 12.1 Å². The molecule has 1 amide bonds. The zero-order chi connectivity index (χ0) is 14.5. The highest BCUT2D eigenvalue weighted by molar-refractivity contribution is 6.33. The molecule has 0 radical (unpaired) electrons. The molecule has 0 bridgehead atoms. The van der Waals surface area contributed by atoms with Crippen LogP contribution in [0.25, 0.3) is 0 Å². The van der Waals surface area contributed by atoms with Crippen molar-refractivity contribution < 1.29 is 4.79 Å². The van der Waals surface area contributed by atoms with Crippen LogP contribution in [-0.2, 0) is 11.2 Å². The van der Waals surface area contributed by atoms with Crippen molar-refractivity contribution in [2.24, 2.45) is 0 Å². The van der Waals surface area contributed by atoms with Gasteiger partial charge in [-0.15, -0.1) is 0 Å². The van der Waals surface area contributed by atoms with Gasteiger partial charge in [0.15, 0.2) is 0 Å². The Hall–Kier alpha value is -2.31. The number of aryl methyl sites for hydroxylation is 1. The van der Waals surface area contributed by atoms with E-state index >= 15 is 0 Å². The van der Waals surface area contributed by atoms with Crippen molar-refractivity contribution in [1.82, 2.24) is 0 Å². The number of hydrogen-bond donors (Lipinski definition) is 1. The van der Waals surface area contributed by atoms with Gasteiger partial charge in [0.05, 0.1) is 28.8 Å². The number of carbonyl (C=O) groups excluding carboxylic acids is 1. The van der Waals surface area contributed by atoms with Crippen molar-refractivity contribution in [1.29, 1.82) is 5.26 Å². The highest BCUT2D eigenvalue weighted by Gasteiger charge is 2.07. The van der Waals surface area contributed by atoms with Gasteiger partial charge in [0.1, 0.15) is 0 Å². The van der Waals surface area contributed by atoms with Gasteiger partial charge in [-0.1, -0.05) is 41.4 Å². The summed E-state index contributed by atoms with van der Waals surface area (Å²) < 4.78 is 0. The Morgan fingerprint density at radius 3 is 2.55 bits per heavy atom. The van der Waals surface area contributed by atoms with Crippen LogP contribution in [0.5, 0.6) is 0 Å². The molecular weight excluding hydrogens is 272 g/mol. The molecule has 0 spiro atoms. The highest BCUT2D eigenvalue weighted by atomic mass is 35.5. The molecule has 0 fully saturated rings. The average Bonchev–Trinajstić information content (AvgIpc) is 2.43. The Labute approximate surface area is 122 Å². The Morgan fingerprint density at radius 1 is 1.25 bits per heavy atom. The first-order chi connectivity index (χ1) is 9.58. The minimum Gasteiger partial charge on any atom is -0.324 e. The molecule has 2 aromatic rings. The number of anilines is 1. The molecule has 0 saturated heterocycles. The number of benzene rings is 2. The quantitative estimate of drug-likeness (QED) is 0.934. The fraction of sp³-hybridized carbons (Fsp3) is 0.125. The van der Waals surface area contributed by atoms with Gasteiger partial charge in [-0.05, 0) is 30.7 Å². The minimum atomic E-state index is -0.138. The van der Waals surface area contributed by atoms with E-state index < -0.39 is 0 Å². The normalized spacial score (nSPS) is 9.85. The number of halogens is 1. The Kier molecular flexibility index (Phi) is 4.39. The lowest BCUT2D eigenvalue weighted by Crippen LogP contribution is -2.14. The van der Waals surface area contributed by atoms with Crippen molar-refractivity contribution in [3.05, 3.63) is 64.2 Å². The van der Waals surface area contributed by atoms with Crippen LogP contribution in [0.1, 0.15) is 16.7 Å². The van der Waals surface area contributed by atoms with Gasteiger partial charge in [-0.3, -0.25) is 4.79 Å². The van der Waals surface area contributed by atoms with Gasteiger partial charge >= 0.3 is 0 Å². The molecule has 4 heteroatoms. The van der Waals surface area contributed by atoms with E-state index in [9.17, 15) is 4.79 Å². The lowest BCUT2D eigenvalue weighted by molar-refractivity contribution is -0.115. The molecule has 0 saturated carbocycles. The third-order valence-electron chi connectivity index (χ3n) is 2.86. The van der Waals surface area contributed by atoms with Crippen molar-refractivity contribution in [3.63, 3.8) is 0 Å². The summed E-state index contributed by atoms with van der Waals surface area (Å²) in [6.45, 7) is 2.00. The smallest absolute Gasteiger partial charge is 0.228 e. The number of carbonyl (C=O) groups is 1. The standard InChI is InChI=1S/C16H13ClN2O/c1-11-2-4-12(5-3-11)9-16(20)19-15-7-6-13(10-18)8-14(15)17/h2-8H,9H2,1H3,(H,19,20). The molecule has 0 unspecified atom stereocenters. The SMILES string of the molecule is Cc1ccc(CC(=O)Nc2ccc(C#N)cc2Cl)cc1.